The molecular formula is C11H16N4OS. The van der Waals surface area contributed by atoms with Crippen LogP contribution in [0, 0.1) is 0 Å². The Bertz CT molecular complexity index is 433. The number of pyridine rings is 1. The molecule has 92 valence electrons. The molecule has 1 aromatic heterocycles. The van der Waals surface area contributed by atoms with Crippen LogP contribution in [-0.2, 0) is 4.79 Å². The summed E-state index contributed by atoms with van der Waals surface area (Å²) in [6.07, 6.45) is 1.63. The van der Waals surface area contributed by atoms with E-state index in [1.165, 1.54) is 4.90 Å². The largest absolute Gasteiger partial charge is 0.389 e. The zero-order valence-corrected chi connectivity index (χ0v) is 11.0. The Kier molecular flexibility index (Phi) is 4.39. The van der Waals surface area contributed by atoms with Crippen LogP contribution in [0.15, 0.2) is 18.3 Å². The average molecular weight is 252 g/mol. The fourth-order valence-electron chi connectivity index (χ4n) is 1.21. The van der Waals surface area contributed by atoms with Gasteiger partial charge in [0.25, 0.3) is 0 Å². The average Bonchev–Trinajstić information content (AvgIpc) is 2.28. The second-order valence-electron chi connectivity index (χ2n) is 3.91. The maximum Gasteiger partial charge on any atom is 0.241 e. The minimum Gasteiger partial charge on any atom is -0.389 e. The SMILES string of the molecule is CN(C)C(=O)CN(C)c1cc(C(N)=S)ccn1. The molecule has 1 rings (SSSR count). The van der Waals surface area contributed by atoms with Crippen molar-refractivity contribution in [2.75, 3.05) is 32.6 Å². The molecule has 0 radical (unpaired) electrons. The van der Waals surface area contributed by atoms with Gasteiger partial charge in [0.05, 0.1) is 6.54 Å². The Hall–Kier alpha value is -1.69. The number of hydrogen-bond acceptors (Lipinski definition) is 4. The number of aromatic nitrogens is 1. The number of rotatable bonds is 4. The number of carbonyl (C=O) groups is 1. The number of amides is 1. The van der Waals surface area contributed by atoms with Gasteiger partial charge >= 0.3 is 0 Å². The van der Waals surface area contributed by atoms with Crippen LogP contribution in [0.1, 0.15) is 5.56 Å². The minimum absolute atomic E-state index is 0.00929. The third-order valence-corrected chi connectivity index (χ3v) is 2.53. The topological polar surface area (TPSA) is 62.5 Å². The summed E-state index contributed by atoms with van der Waals surface area (Å²) in [4.78, 5) is 19.3. The van der Waals surface area contributed by atoms with Crippen LogP contribution in [-0.4, -0.2) is 48.5 Å². The van der Waals surface area contributed by atoms with Gasteiger partial charge in [-0.2, -0.15) is 0 Å². The molecule has 0 unspecified atom stereocenters. The third-order valence-electron chi connectivity index (χ3n) is 2.29. The first-order chi connectivity index (χ1) is 7.91. The quantitative estimate of drug-likeness (QED) is 0.778. The van der Waals surface area contributed by atoms with E-state index in [0.717, 1.165) is 5.56 Å². The number of thiocarbonyl (C=S) groups is 1. The van der Waals surface area contributed by atoms with E-state index in [4.69, 9.17) is 18.0 Å². The molecule has 5 nitrogen and oxygen atoms in total. The molecule has 0 saturated heterocycles. The Morgan fingerprint density at radius 3 is 2.65 bits per heavy atom. The van der Waals surface area contributed by atoms with Crippen molar-refractivity contribution in [1.29, 1.82) is 0 Å². The third kappa shape index (κ3) is 3.67. The van der Waals surface area contributed by atoms with Gasteiger partial charge < -0.3 is 15.5 Å². The lowest BCUT2D eigenvalue weighted by atomic mass is 10.2. The lowest BCUT2D eigenvalue weighted by molar-refractivity contribution is -0.127. The number of nitrogens with two attached hydrogens (primary N) is 1. The maximum atomic E-state index is 11.6. The molecule has 1 amide bonds. The van der Waals surface area contributed by atoms with E-state index in [-0.39, 0.29) is 12.5 Å². The monoisotopic (exact) mass is 252 g/mol. The van der Waals surface area contributed by atoms with Crippen molar-refractivity contribution >= 4 is 28.9 Å². The Balaban J connectivity index is 2.82. The van der Waals surface area contributed by atoms with Crippen molar-refractivity contribution in [3.05, 3.63) is 23.9 Å². The highest BCUT2D eigenvalue weighted by Gasteiger charge is 2.10. The highest BCUT2D eigenvalue weighted by atomic mass is 32.1. The highest BCUT2D eigenvalue weighted by Crippen LogP contribution is 2.10. The van der Waals surface area contributed by atoms with Crippen molar-refractivity contribution < 1.29 is 4.79 Å². The van der Waals surface area contributed by atoms with Gasteiger partial charge in [-0.1, -0.05) is 12.2 Å². The molecule has 0 aliphatic carbocycles. The first-order valence-electron chi connectivity index (χ1n) is 5.09. The normalized spacial score (nSPS) is 9.82. The van der Waals surface area contributed by atoms with Gasteiger partial charge in [0, 0.05) is 32.9 Å². The van der Waals surface area contributed by atoms with E-state index >= 15 is 0 Å². The van der Waals surface area contributed by atoms with Crippen molar-refractivity contribution in [3.8, 4) is 0 Å². The number of likely N-dealkylation sites (N-methyl/N-ethyl adjacent to an activating group) is 2. The molecule has 0 aromatic carbocycles. The summed E-state index contributed by atoms with van der Waals surface area (Å²) < 4.78 is 0. The van der Waals surface area contributed by atoms with Crippen LogP contribution in [0.2, 0.25) is 0 Å². The predicted octanol–water partition coefficient (Wildman–Crippen LogP) is 0.240. The lowest BCUT2D eigenvalue weighted by Crippen LogP contribution is -2.34. The summed E-state index contributed by atoms with van der Waals surface area (Å²) >= 11 is 4.89. The molecule has 0 fully saturated rings. The second kappa shape index (κ2) is 5.58. The van der Waals surface area contributed by atoms with Crippen LogP contribution in [0.4, 0.5) is 5.82 Å². The van der Waals surface area contributed by atoms with Crippen LogP contribution >= 0.6 is 12.2 Å². The van der Waals surface area contributed by atoms with Gasteiger partial charge in [-0.15, -0.1) is 0 Å². The van der Waals surface area contributed by atoms with Crippen LogP contribution in [0.3, 0.4) is 0 Å². The molecule has 0 aliphatic heterocycles. The van der Waals surface area contributed by atoms with Gasteiger partial charge in [0.2, 0.25) is 5.91 Å². The fourth-order valence-corrected chi connectivity index (χ4v) is 1.33. The minimum atomic E-state index is 0.00929. The van der Waals surface area contributed by atoms with Gasteiger partial charge in [0.1, 0.15) is 10.8 Å². The fraction of sp³-hybridized carbons (Fsp3) is 0.364. The molecule has 17 heavy (non-hydrogen) atoms. The first kappa shape index (κ1) is 13.4. The molecule has 1 heterocycles. The molecule has 0 saturated carbocycles. The molecule has 1 aromatic rings. The van der Waals surface area contributed by atoms with E-state index in [1.807, 2.05) is 0 Å². The molecule has 0 spiro atoms. The Labute approximate surface area is 106 Å². The van der Waals surface area contributed by atoms with Crippen molar-refractivity contribution in [1.82, 2.24) is 9.88 Å². The standard InChI is InChI=1S/C11H16N4OS/c1-14(2)10(16)7-15(3)9-6-8(11(12)17)4-5-13-9/h4-6H,7H2,1-3H3,(H2,12,17). The summed E-state index contributed by atoms with van der Waals surface area (Å²) in [5, 5.41) is 0. The Morgan fingerprint density at radius 1 is 1.47 bits per heavy atom. The van der Waals surface area contributed by atoms with E-state index < -0.39 is 0 Å². The lowest BCUT2D eigenvalue weighted by Gasteiger charge is -2.20. The Morgan fingerprint density at radius 2 is 2.12 bits per heavy atom. The maximum absolute atomic E-state index is 11.6. The smallest absolute Gasteiger partial charge is 0.241 e. The zero-order chi connectivity index (χ0) is 13.0. The zero-order valence-electron chi connectivity index (χ0n) is 10.2. The summed E-state index contributed by atoms with van der Waals surface area (Å²) in [5.41, 5.74) is 6.29. The highest BCUT2D eigenvalue weighted by molar-refractivity contribution is 7.80. The van der Waals surface area contributed by atoms with E-state index in [1.54, 1.807) is 44.4 Å². The second-order valence-corrected chi connectivity index (χ2v) is 4.35. The van der Waals surface area contributed by atoms with Crippen molar-refractivity contribution in [2.24, 2.45) is 5.73 Å². The van der Waals surface area contributed by atoms with Gasteiger partial charge in [0.15, 0.2) is 0 Å². The van der Waals surface area contributed by atoms with Gasteiger partial charge in [-0.25, -0.2) is 4.98 Å². The number of hydrogen-bond donors (Lipinski definition) is 1. The van der Waals surface area contributed by atoms with Crippen LogP contribution in [0.5, 0.6) is 0 Å². The van der Waals surface area contributed by atoms with Crippen LogP contribution in [0.25, 0.3) is 0 Å². The van der Waals surface area contributed by atoms with Crippen LogP contribution < -0.4 is 10.6 Å². The van der Waals surface area contributed by atoms with E-state index in [0.29, 0.717) is 10.8 Å². The van der Waals surface area contributed by atoms with E-state index in [2.05, 4.69) is 4.98 Å². The summed E-state index contributed by atoms with van der Waals surface area (Å²) in [7, 11) is 5.23. The van der Waals surface area contributed by atoms with Gasteiger partial charge in [-0.05, 0) is 12.1 Å². The predicted molar refractivity (Wildman–Crippen MR) is 72.1 cm³/mol. The first-order valence-corrected chi connectivity index (χ1v) is 5.49. The molecule has 0 aliphatic rings. The number of anilines is 1. The molecule has 6 heteroatoms. The van der Waals surface area contributed by atoms with Gasteiger partial charge in [-0.3, -0.25) is 4.79 Å². The molecule has 0 atom stereocenters. The van der Waals surface area contributed by atoms with Crippen molar-refractivity contribution in [2.45, 2.75) is 0 Å². The number of nitrogens with zero attached hydrogens (tertiary/aromatic N) is 3. The molecule has 2 N–H and O–H groups in total. The summed E-state index contributed by atoms with van der Waals surface area (Å²) in [6.45, 7) is 0.265. The summed E-state index contributed by atoms with van der Waals surface area (Å²) in [6, 6.07) is 3.51. The molecule has 0 bridgehead atoms. The molecular weight excluding hydrogens is 236 g/mol. The van der Waals surface area contributed by atoms with E-state index in [9.17, 15) is 4.79 Å². The van der Waals surface area contributed by atoms with Crippen molar-refractivity contribution in [3.63, 3.8) is 0 Å². The number of carbonyl (C=O) groups excluding carboxylic acids is 1. The summed E-state index contributed by atoms with van der Waals surface area (Å²) in [5.74, 6) is 0.681.